The number of rotatable bonds is 6. The molecule has 1 atom stereocenters. The normalized spacial score (nSPS) is 17.0. The highest BCUT2D eigenvalue weighted by Gasteiger charge is 2.34. The molecule has 0 bridgehead atoms. The fourth-order valence-electron chi connectivity index (χ4n) is 4.61. The molecule has 4 rings (SSSR count). The Morgan fingerprint density at radius 3 is 2.23 bits per heavy atom. The maximum Gasteiger partial charge on any atom is 0.241 e. The molecular formula is C25H31ClN4O4S. The van der Waals surface area contributed by atoms with Crippen molar-refractivity contribution >= 4 is 44.8 Å². The number of carbonyl (C=O) groups excluding carboxylic acids is 2. The summed E-state index contributed by atoms with van der Waals surface area (Å²) in [4.78, 5) is 30.8. The van der Waals surface area contributed by atoms with Crippen LogP contribution in [-0.4, -0.2) is 63.9 Å². The van der Waals surface area contributed by atoms with Crippen molar-refractivity contribution in [2.75, 3.05) is 42.5 Å². The number of sulfonamides is 1. The van der Waals surface area contributed by atoms with Gasteiger partial charge >= 0.3 is 0 Å². The second-order valence-corrected chi connectivity index (χ2v) is 11.5. The quantitative estimate of drug-likeness (QED) is 0.635. The maximum atomic E-state index is 13.4. The first kappa shape index (κ1) is 25.5. The molecule has 1 N–H and O–H groups in total. The summed E-state index contributed by atoms with van der Waals surface area (Å²) < 4.78 is 29.1. The average Bonchev–Trinajstić information content (AvgIpc) is 3.26. The fraction of sp³-hybridized carbons (Fsp3) is 0.440. The van der Waals surface area contributed by atoms with Crippen LogP contribution < -0.4 is 14.5 Å². The summed E-state index contributed by atoms with van der Waals surface area (Å²) in [6.45, 7) is 8.03. The Hall–Kier alpha value is -2.62. The Labute approximate surface area is 211 Å². The Bertz CT molecular complexity index is 1210. The first-order valence-corrected chi connectivity index (χ1v) is 13.7. The number of hydrogen-bond donors (Lipinski definition) is 1. The molecule has 1 saturated heterocycles. The summed E-state index contributed by atoms with van der Waals surface area (Å²) in [6, 6.07) is 11.5. The van der Waals surface area contributed by atoms with E-state index in [0.717, 1.165) is 16.9 Å². The predicted octanol–water partition coefficient (Wildman–Crippen LogP) is 2.90. The highest BCUT2D eigenvalue weighted by molar-refractivity contribution is 7.89. The molecule has 0 spiro atoms. The number of nitrogens with one attached hydrogen (secondary N) is 1. The van der Waals surface area contributed by atoms with Gasteiger partial charge in [-0.15, -0.1) is 0 Å². The summed E-state index contributed by atoms with van der Waals surface area (Å²) in [5.74, 6) is -0.517. The summed E-state index contributed by atoms with van der Waals surface area (Å²) >= 11 is 5.98. The standard InChI is InChI=1S/C25H31ClN4O4S/c1-17(2)24(25(32)29-14-12-28(13-15-29)21-6-4-20(26)5-7-21)27-35(33,34)22-8-9-23-19(16-22)10-11-30(23)18(3)31/h4-9,16-17,24,27H,10-15H2,1-3H3/t24-/m1/s1. The SMILES string of the molecule is CC(=O)N1CCc2cc(S(=O)(=O)N[C@@H](C(=O)N3CCN(c4ccc(Cl)cc4)CC3)C(C)C)ccc21. The Kier molecular flexibility index (Phi) is 7.40. The number of nitrogens with zero attached hydrogens (tertiary/aromatic N) is 3. The van der Waals surface area contributed by atoms with Gasteiger partial charge in [-0.1, -0.05) is 25.4 Å². The lowest BCUT2D eigenvalue weighted by Crippen LogP contribution is -2.56. The zero-order chi connectivity index (χ0) is 25.3. The van der Waals surface area contributed by atoms with Crippen LogP contribution >= 0.6 is 11.6 Å². The number of amides is 2. The van der Waals surface area contributed by atoms with Gasteiger partial charge in [0.1, 0.15) is 6.04 Å². The number of hydrogen-bond acceptors (Lipinski definition) is 5. The Morgan fingerprint density at radius 1 is 0.971 bits per heavy atom. The van der Waals surface area contributed by atoms with Crippen molar-refractivity contribution in [2.24, 2.45) is 5.92 Å². The van der Waals surface area contributed by atoms with E-state index in [1.165, 1.54) is 13.0 Å². The number of benzene rings is 2. The van der Waals surface area contributed by atoms with Crippen molar-refractivity contribution in [1.82, 2.24) is 9.62 Å². The zero-order valence-electron chi connectivity index (χ0n) is 20.2. The molecule has 2 aromatic carbocycles. The van der Waals surface area contributed by atoms with E-state index < -0.39 is 16.1 Å². The Morgan fingerprint density at radius 2 is 1.63 bits per heavy atom. The van der Waals surface area contributed by atoms with E-state index >= 15 is 0 Å². The van der Waals surface area contributed by atoms with Gasteiger partial charge in [-0.3, -0.25) is 9.59 Å². The molecule has 0 aromatic heterocycles. The minimum atomic E-state index is -3.93. The molecule has 10 heteroatoms. The van der Waals surface area contributed by atoms with Crippen molar-refractivity contribution < 1.29 is 18.0 Å². The molecule has 35 heavy (non-hydrogen) atoms. The van der Waals surface area contributed by atoms with Crippen LogP contribution in [0.1, 0.15) is 26.3 Å². The van der Waals surface area contributed by atoms with Crippen LogP contribution in [0, 0.1) is 5.92 Å². The first-order chi connectivity index (χ1) is 16.6. The van der Waals surface area contributed by atoms with E-state index in [4.69, 9.17) is 11.6 Å². The van der Waals surface area contributed by atoms with Crippen LogP contribution in [0.4, 0.5) is 11.4 Å². The molecule has 2 heterocycles. The average molecular weight is 519 g/mol. The van der Waals surface area contributed by atoms with E-state index in [1.807, 2.05) is 38.1 Å². The predicted molar refractivity (Wildman–Crippen MR) is 137 cm³/mol. The molecule has 2 aliphatic rings. The molecule has 0 radical (unpaired) electrons. The molecule has 8 nitrogen and oxygen atoms in total. The summed E-state index contributed by atoms with van der Waals surface area (Å²) in [7, 11) is -3.93. The topological polar surface area (TPSA) is 90.0 Å². The van der Waals surface area contributed by atoms with E-state index in [0.29, 0.717) is 44.2 Å². The number of anilines is 2. The smallest absolute Gasteiger partial charge is 0.241 e. The monoisotopic (exact) mass is 518 g/mol. The van der Waals surface area contributed by atoms with Crippen molar-refractivity contribution in [3.8, 4) is 0 Å². The summed E-state index contributed by atoms with van der Waals surface area (Å²) in [5.41, 5.74) is 2.60. The van der Waals surface area contributed by atoms with E-state index in [2.05, 4.69) is 9.62 Å². The molecule has 188 valence electrons. The van der Waals surface area contributed by atoms with Gasteiger partial charge in [0.25, 0.3) is 0 Å². The third-order valence-electron chi connectivity index (χ3n) is 6.63. The lowest BCUT2D eigenvalue weighted by molar-refractivity contribution is -0.134. The summed E-state index contributed by atoms with van der Waals surface area (Å²) in [5, 5.41) is 0.675. The Balaban J connectivity index is 1.45. The van der Waals surface area contributed by atoms with E-state index in [-0.39, 0.29) is 22.6 Å². The molecule has 2 aromatic rings. The second-order valence-electron chi connectivity index (χ2n) is 9.34. The van der Waals surface area contributed by atoms with Crippen LogP contribution in [0.2, 0.25) is 5.02 Å². The van der Waals surface area contributed by atoms with E-state index in [1.54, 1.807) is 21.9 Å². The number of carbonyl (C=O) groups is 2. The summed E-state index contributed by atoms with van der Waals surface area (Å²) in [6.07, 6.45) is 0.600. The first-order valence-electron chi connectivity index (χ1n) is 11.8. The molecule has 0 aliphatic carbocycles. The van der Waals surface area contributed by atoms with Crippen LogP contribution in [0.5, 0.6) is 0 Å². The maximum absolute atomic E-state index is 13.4. The van der Waals surface area contributed by atoms with Crippen LogP contribution in [-0.2, 0) is 26.0 Å². The molecular weight excluding hydrogens is 488 g/mol. The minimum absolute atomic E-state index is 0.0703. The molecule has 0 saturated carbocycles. The molecule has 0 unspecified atom stereocenters. The largest absolute Gasteiger partial charge is 0.368 e. The molecule has 2 aliphatic heterocycles. The zero-order valence-corrected chi connectivity index (χ0v) is 21.8. The molecule has 2 amide bonds. The third-order valence-corrected chi connectivity index (χ3v) is 8.33. The fourth-order valence-corrected chi connectivity index (χ4v) is 6.13. The minimum Gasteiger partial charge on any atom is -0.368 e. The van der Waals surface area contributed by atoms with Gasteiger partial charge < -0.3 is 14.7 Å². The van der Waals surface area contributed by atoms with Gasteiger partial charge in [0.05, 0.1) is 4.90 Å². The van der Waals surface area contributed by atoms with Crippen molar-refractivity contribution in [3.63, 3.8) is 0 Å². The van der Waals surface area contributed by atoms with Crippen LogP contribution in [0.25, 0.3) is 0 Å². The van der Waals surface area contributed by atoms with Gasteiger partial charge in [0, 0.05) is 56.0 Å². The lowest BCUT2D eigenvalue weighted by atomic mass is 10.0. The highest BCUT2D eigenvalue weighted by Crippen LogP contribution is 2.30. The van der Waals surface area contributed by atoms with Crippen LogP contribution in [0.3, 0.4) is 0 Å². The second kappa shape index (κ2) is 10.2. The van der Waals surface area contributed by atoms with Gasteiger partial charge in [-0.05, 0) is 60.4 Å². The van der Waals surface area contributed by atoms with Crippen molar-refractivity contribution in [1.29, 1.82) is 0 Å². The van der Waals surface area contributed by atoms with Gasteiger partial charge in [-0.25, -0.2) is 8.42 Å². The van der Waals surface area contributed by atoms with Crippen molar-refractivity contribution in [3.05, 3.63) is 53.1 Å². The van der Waals surface area contributed by atoms with Crippen LogP contribution in [0.15, 0.2) is 47.4 Å². The lowest BCUT2D eigenvalue weighted by Gasteiger charge is -2.38. The molecule has 1 fully saturated rings. The van der Waals surface area contributed by atoms with Crippen molar-refractivity contribution in [2.45, 2.75) is 38.1 Å². The van der Waals surface area contributed by atoms with Gasteiger partial charge in [0.2, 0.25) is 21.8 Å². The third kappa shape index (κ3) is 5.47. The highest BCUT2D eigenvalue weighted by atomic mass is 35.5. The van der Waals surface area contributed by atoms with Gasteiger partial charge in [0.15, 0.2) is 0 Å². The van der Waals surface area contributed by atoms with Gasteiger partial charge in [-0.2, -0.15) is 4.72 Å². The number of halogens is 1. The number of fused-ring (bicyclic) bond motifs is 1. The number of piperazine rings is 1. The van der Waals surface area contributed by atoms with E-state index in [9.17, 15) is 18.0 Å².